The Kier molecular flexibility index (Phi) is 4.96. The van der Waals surface area contributed by atoms with Crippen LogP contribution in [0, 0.1) is 0 Å². The number of halogens is 1. The molecule has 2 N–H and O–H groups in total. The van der Waals surface area contributed by atoms with Gasteiger partial charge in [-0.15, -0.1) is 0 Å². The van der Waals surface area contributed by atoms with Gasteiger partial charge in [0.15, 0.2) is 0 Å². The molecule has 0 aliphatic heterocycles. The summed E-state index contributed by atoms with van der Waals surface area (Å²) in [5.41, 5.74) is 1.63. The van der Waals surface area contributed by atoms with E-state index >= 15 is 0 Å². The normalized spacial score (nSPS) is 12.2. The number of hydrogen-bond donors (Lipinski definition) is 2. The summed E-state index contributed by atoms with van der Waals surface area (Å²) in [5.74, 6) is 0.569. The lowest BCUT2D eigenvalue weighted by molar-refractivity contribution is 0.0923. The van der Waals surface area contributed by atoms with E-state index < -0.39 is 6.10 Å². The highest BCUT2D eigenvalue weighted by Crippen LogP contribution is 2.29. The second kappa shape index (κ2) is 6.70. The van der Waals surface area contributed by atoms with Crippen molar-refractivity contribution in [1.82, 2.24) is 0 Å². The van der Waals surface area contributed by atoms with Crippen molar-refractivity contribution in [2.24, 2.45) is 0 Å². The summed E-state index contributed by atoms with van der Waals surface area (Å²) < 4.78 is 6.59. The van der Waals surface area contributed by atoms with E-state index in [0.717, 1.165) is 10.0 Å². The van der Waals surface area contributed by atoms with Crippen LogP contribution in [0.2, 0.25) is 0 Å². The van der Waals surface area contributed by atoms with Crippen LogP contribution in [0.4, 0.5) is 0 Å². The molecule has 2 rings (SSSR count). The first kappa shape index (κ1) is 14.1. The van der Waals surface area contributed by atoms with Crippen LogP contribution in [-0.4, -0.2) is 16.8 Å². The third-order valence-electron chi connectivity index (χ3n) is 2.74. The first-order chi connectivity index (χ1) is 9.20. The number of rotatable bonds is 5. The van der Waals surface area contributed by atoms with E-state index in [1.54, 1.807) is 12.1 Å². The van der Waals surface area contributed by atoms with Gasteiger partial charge in [0, 0.05) is 10.0 Å². The molecule has 0 amide bonds. The molecular formula is C15H15BrO3. The van der Waals surface area contributed by atoms with Crippen LogP contribution in [0.1, 0.15) is 17.2 Å². The Labute approximate surface area is 120 Å². The minimum atomic E-state index is -0.932. The Morgan fingerprint density at radius 1 is 1.11 bits per heavy atom. The average Bonchev–Trinajstić information content (AvgIpc) is 2.45. The topological polar surface area (TPSA) is 49.7 Å². The van der Waals surface area contributed by atoms with Crippen LogP contribution in [0.5, 0.6) is 5.75 Å². The molecule has 0 radical (unpaired) electrons. The standard InChI is InChI=1S/C15H15BrO3/c16-12-6-7-13(14(18)9-17)15(8-12)19-10-11-4-2-1-3-5-11/h1-8,14,17-18H,9-10H2. The van der Waals surface area contributed by atoms with Gasteiger partial charge < -0.3 is 14.9 Å². The van der Waals surface area contributed by atoms with Gasteiger partial charge in [-0.25, -0.2) is 0 Å². The summed E-state index contributed by atoms with van der Waals surface area (Å²) in [6, 6.07) is 15.1. The lowest BCUT2D eigenvalue weighted by Gasteiger charge is -2.15. The quantitative estimate of drug-likeness (QED) is 0.889. The van der Waals surface area contributed by atoms with Crippen molar-refractivity contribution in [1.29, 1.82) is 0 Å². The highest BCUT2D eigenvalue weighted by molar-refractivity contribution is 9.10. The average molecular weight is 323 g/mol. The van der Waals surface area contributed by atoms with Crippen molar-refractivity contribution in [2.45, 2.75) is 12.7 Å². The largest absolute Gasteiger partial charge is 0.488 e. The molecule has 100 valence electrons. The minimum Gasteiger partial charge on any atom is -0.488 e. The van der Waals surface area contributed by atoms with Gasteiger partial charge in [0.2, 0.25) is 0 Å². The molecule has 0 saturated heterocycles. The number of aliphatic hydroxyl groups excluding tert-OH is 2. The molecule has 4 heteroatoms. The van der Waals surface area contributed by atoms with E-state index in [2.05, 4.69) is 15.9 Å². The van der Waals surface area contributed by atoms with Gasteiger partial charge in [-0.3, -0.25) is 0 Å². The molecule has 0 bridgehead atoms. The summed E-state index contributed by atoms with van der Waals surface area (Å²) in [6.45, 7) is 0.0891. The maximum Gasteiger partial charge on any atom is 0.126 e. The van der Waals surface area contributed by atoms with Crippen LogP contribution in [-0.2, 0) is 6.61 Å². The Morgan fingerprint density at radius 3 is 2.53 bits per heavy atom. The molecule has 2 aromatic rings. The van der Waals surface area contributed by atoms with E-state index in [1.807, 2.05) is 36.4 Å². The fraction of sp³-hybridized carbons (Fsp3) is 0.200. The van der Waals surface area contributed by atoms with Gasteiger partial charge >= 0.3 is 0 Å². The Bertz CT molecular complexity index is 528. The Hall–Kier alpha value is -1.36. The first-order valence-corrected chi connectivity index (χ1v) is 6.75. The summed E-state index contributed by atoms with van der Waals surface area (Å²) in [6.07, 6.45) is -0.932. The monoisotopic (exact) mass is 322 g/mol. The highest BCUT2D eigenvalue weighted by atomic mass is 79.9. The molecule has 0 aromatic heterocycles. The van der Waals surface area contributed by atoms with Crippen LogP contribution in [0.15, 0.2) is 53.0 Å². The fourth-order valence-corrected chi connectivity index (χ4v) is 2.08. The maximum atomic E-state index is 9.75. The summed E-state index contributed by atoms with van der Waals surface area (Å²) in [5, 5.41) is 18.8. The van der Waals surface area contributed by atoms with Crippen LogP contribution in [0.3, 0.4) is 0 Å². The molecule has 0 fully saturated rings. The predicted octanol–water partition coefficient (Wildman–Crippen LogP) is 3.05. The van der Waals surface area contributed by atoms with Gasteiger partial charge in [-0.1, -0.05) is 52.3 Å². The van der Waals surface area contributed by atoms with Crippen molar-refractivity contribution < 1.29 is 14.9 Å². The van der Waals surface area contributed by atoms with Crippen LogP contribution in [0.25, 0.3) is 0 Å². The first-order valence-electron chi connectivity index (χ1n) is 5.96. The smallest absolute Gasteiger partial charge is 0.126 e. The third kappa shape index (κ3) is 3.80. The molecule has 0 spiro atoms. The number of benzene rings is 2. The number of ether oxygens (including phenoxy) is 1. The van der Waals surface area contributed by atoms with Gasteiger partial charge in [0.05, 0.1) is 6.61 Å². The fourth-order valence-electron chi connectivity index (χ4n) is 1.74. The zero-order chi connectivity index (χ0) is 13.7. The predicted molar refractivity (Wildman–Crippen MR) is 77.0 cm³/mol. The number of hydrogen-bond acceptors (Lipinski definition) is 3. The van der Waals surface area contributed by atoms with Crippen LogP contribution < -0.4 is 4.74 Å². The second-order valence-electron chi connectivity index (χ2n) is 4.15. The SMILES string of the molecule is OCC(O)c1ccc(Br)cc1OCc1ccccc1. The van der Waals surface area contributed by atoms with Gasteiger partial charge in [0.1, 0.15) is 18.5 Å². The van der Waals surface area contributed by atoms with E-state index in [-0.39, 0.29) is 6.61 Å². The molecule has 1 atom stereocenters. The van der Waals surface area contributed by atoms with E-state index in [4.69, 9.17) is 9.84 Å². The molecular weight excluding hydrogens is 308 g/mol. The summed E-state index contributed by atoms with van der Waals surface area (Å²) in [7, 11) is 0. The summed E-state index contributed by atoms with van der Waals surface area (Å²) in [4.78, 5) is 0. The van der Waals surface area contributed by atoms with Gasteiger partial charge in [0.25, 0.3) is 0 Å². The zero-order valence-electron chi connectivity index (χ0n) is 10.3. The van der Waals surface area contributed by atoms with E-state index in [9.17, 15) is 5.11 Å². The Morgan fingerprint density at radius 2 is 1.84 bits per heavy atom. The van der Waals surface area contributed by atoms with Crippen molar-refractivity contribution in [3.8, 4) is 5.75 Å². The Balaban J connectivity index is 2.16. The molecule has 0 aliphatic rings. The van der Waals surface area contributed by atoms with Gasteiger partial charge in [-0.05, 0) is 17.7 Å². The van der Waals surface area contributed by atoms with E-state index in [0.29, 0.717) is 17.9 Å². The lowest BCUT2D eigenvalue weighted by atomic mass is 10.1. The van der Waals surface area contributed by atoms with Gasteiger partial charge in [-0.2, -0.15) is 0 Å². The minimum absolute atomic E-state index is 0.330. The molecule has 19 heavy (non-hydrogen) atoms. The third-order valence-corrected chi connectivity index (χ3v) is 3.24. The second-order valence-corrected chi connectivity index (χ2v) is 5.07. The number of aliphatic hydroxyl groups is 2. The molecule has 1 unspecified atom stereocenters. The van der Waals surface area contributed by atoms with Crippen molar-refractivity contribution in [3.05, 3.63) is 64.1 Å². The van der Waals surface area contributed by atoms with Crippen molar-refractivity contribution in [3.63, 3.8) is 0 Å². The van der Waals surface area contributed by atoms with Crippen molar-refractivity contribution >= 4 is 15.9 Å². The van der Waals surface area contributed by atoms with Crippen LogP contribution >= 0.6 is 15.9 Å². The highest BCUT2D eigenvalue weighted by Gasteiger charge is 2.13. The molecule has 2 aromatic carbocycles. The zero-order valence-corrected chi connectivity index (χ0v) is 11.9. The maximum absolute atomic E-state index is 9.75. The van der Waals surface area contributed by atoms with Crippen molar-refractivity contribution in [2.75, 3.05) is 6.61 Å². The summed E-state index contributed by atoms with van der Waals surface area (Å²) >= 11 is 3.37. The lowest BCUT2D eigenvalue weighted by Crippen LogP contribution is -2.06. The molecule has 0 heterocycles. The molecule has 3 nitrogen and oxygen atoms in total. The molecule has 0 aliphatic carbocycles. The molecule has 0 saturated carbocycles. The van der Waals surface area contributed by atoms with E-state index in [1.165, 1.54) is 0 Å².